The van der Waals surface area contributed by atoms with Gasteiger partial charge >= 0.3 is 12.0 Å². The van der Waals surface area contributed by atoms with Crippen LogP contribution in [0.1, 0.15) is 26.2 Å². The fourth-order valence-electron chi connectivity index (χ4n) is 3.05. The SMILES string of the molecule is CC1CN2CCCCC2CN1C(=O)NC(CO)C(=O)O. The quantitative estimate of drug-likeness (QED) is 0.662. The van der Waals surface area contributed by atoms with Gasteiger partial charge < -0.3 is 20.4 Å². The predicted octanol–water partition coefficient (Wildman–Crippen LogP) is -0.300. The molecule has 2 rings (SSSR count). The lowest BCUT2D eigenvalue weighted by molar-refractivity contribution is -0.140. The summed E-state index contributed by atoms with van der Waals surface area (Å²) >= 11 is 0. The second kappa shape index (κ2) is 6.41. The third-order valence-corrected chi connectivity index (χ3v) is 4.23. The second-order valence-electron chi connectivity index (χ2n) is 5.67. The maximum Gasteiger partial charge on any atom is 0.328 e. The number of amides is 2. The van der Waals surface area contributed by atoms with E-state index in [1.54, 1.807) is 4.90 Å². The van der Waals surface area contributed by atoms with Crippen LogP contribution in [-0.4, -0.2) is 76.4 Å². The first-order valence-corrected chi connectivity index (χ1v) is 7.17. The molecule has 0 aromatic carbocycles. The number of aliphatic hydroxyl groups is 1. The first-order valence-electron chi connectivity index (χ1n) is 7.17. The molecule has 0 radical (unpaired) electrons. The van der Waals surface area contributed by atoms with Crippen molar-refractivity contribution in [1.82, 2.24) is 15.1 Å². The minimum absolute atomic E-state index is 0.0532. The molecule has 2 fully saturated rings. The van der Waals surface area contributed by atoms with Crippen molar-refractivity contribution in [3.63, 3.8) is 0 Å². The molecule has 2 heterocycles. The molecule has 20 heavy (non-hydrogen) atoms. The van der Waals surface area contributed by atoms with Gasteiger partial charge in [-0.05, 0) is 26.3 Å². The summed E-state index contributed by atoms with van der Waals surface area (Å²) in [6, 6.07) is -1.20. The first-order chi connectivity index (χ1) is 9.52. The van der Waals surface area contributed by atoms with Crippen molar-refractivity contribution in [2.75, 3.05) is 26.2 Å². The van der Waals surface area contributed by atoms with Crippen LogP contribution < -0.4 is 5.32 Å². The van der Waals surface area contributed by atoms with Crippen LogP contribution in [0.2, 0.25) is 0 Å². The molecule has 2 aliphatic heterocycles. The number of nitrogens with one attached hydrogen (secondary N) is 1. The number of hydrogen-bond acceptors (Lipinski definition) is 4. The van der Waals surface area contributed by atoms with Crippen molar-refractivity contribution in [2.24, 2.45) is 0 Å². The van der Waals surface area contributed by atoms with Crippen molar-refractivity contribution in [3.8, 4) is 0 Å². The lowest BCUT2D eigenvalue weighted by Gasteiger charge is -2.47. The summed E-state index contributed by atoms with van der Waals surface area (Å²) in [7, 11) is 0. The van der Waals surface area contributed by atoms with E-state index in [2.05, 4.69) is 10.2 Å². The number of aliphatic carboxylic acids is 1. The van der Waals surface area contributed by atoms with Crippen molar-refractivity contribution in [1.29, 1.82) is 0 Å². The van der Waals surface area contributed by atoms with Crippen molar-refractivity contribution < 1.29 is 19.8 Å². The molecule has 0 spiro atoms. The number of hydrogen-bond donors (Lipinski definition) is 3. The second-order valence-corrected chi connectivity index (χ2v) is 5.67. The number of carbonyl (C=O) groups is 2. The molecule has 3 atom stereocenters. The zero-order chi connectivity index (χ0) is 14.7. The van der Waals surface area contributed by atoms with E-state index in [4.69, 9.17) is 10.2 Å². The van der Waals surface area contributed by atoms with E-state index in [0.29, 0.717) is 12.6 Å². The van der Waals surface area contributed by atoms with E-state index in [0.717, 1.165) is 19.5 Å². The van der Waals surface area contributed by atoms with E-state index >= 15 is 0 Å². The molecule has 2 saturated heterocycles. The molecule has 0 bridgehead atoms. The van der Waals surface area contributed by atoms with Crippen LogP contribution in [0.3, 0.4) is 0 Å². The maximum atomic E-state index is 12.2. The van der Waals surface area contributed by atoms with E-state index in [9.17, 15) is 9.59 Å². The van der Waals surface area contributed by atoms with Crippen LogP contribution in [0.4, 0.5) is 4.79 Å². The zero-order valence-electron chi connectivity index (χ0n) is 11.8. The highest BCUT2D eigenvalue weighted by atomic mass is 16.4. The summed E-state index contributed by atoms with van der Waals surface area (Å²) in [5.41, 5.74) is 0. The number of fused-ring (bicyclic) bond motifs is 1. The van der Waals surface area contributed by atoms with Gasteiger partial charge in [-0.2, -0.15) is 0 Å². The number of piperidine rings is 1. The Bertz CT molecular complexity index is 377. The van der Waals surface area contributed by atoms with Gasteiger partial charge in [0.2, 0.25) is 0 Å². The largest absolute Gasteiger partial charge is 0.480 e. The molecule has 0 aromatic rings. The van der Waals surface area contributed by atoms with Gasteiger partial charge in [0, 0.05) is 25.2 Å². The number of carboxylic acid groups (broad SMARTS) is 1. The molecule has 2 aliphatic rings. The van der Waals surface area contributed by atoms with E-state index in [-0.39, 0.29) is 6.04 Å². The van der Waals surface area contributed by atoms with E-state index in [1.807, 2.05) is 6.92 Å². The summed E-state index contributed by atoms with van der Waals surface area (Å²) in [5.74, 6) is -1.22. The van der Waals surface area contributed by atoms with Crippen LogP contribution >= 0.6 is 0 Å². The first kappa shape index (κ1) is 15.1. The predicted molar refractivity (Wildman–Crippen MR) is 72.4 cm³/mol. The fourth-order valence-corrected chi connectivity index (χ4v) is 3.05. The lowest BCUT2D eigenvalue weighted by atomic mass is 9.97. The van der Waals surface area contributed by atoms with Gasteiger partial charge in [0.05, 0.1) is 6.61 Å². The van der Waals surface area contributed by atoms with E-state index in [1.165, 1.54) is 12.8 Å². The van der Waals surface area contributed by atoms with Gasteiger partial charge in [-0.3, -0.25) is 4.90 Å². The van der Waals surface area contributed by atoms with Crippen LogP contribution in [0, 0.1) is 0 Å². The van der Waals surface area contributed by atoms with Gasteiger partial charge in [0.15, 0.2) is 6.04 Å². The molecular weight excluding hydrogens is 262 g/mol. The minimum Gasteiger partial charge on any atom is -0.480 e. The third-order valence-electron chi connectivity index (χ3n) is 4.23. The van der Waals surface area contributed by atoms with Gasteiger partial charge in [-0.15, -0.1) is 0 Å². The lowest BCUT2D eigenvalue weighted by Crippen LogP contribution is -2.63. The molecule has 7 nitrogen and oxygen atoms in total. The molecule has 3 unspecified atom stereocenters. The number of carbonyl (C=O) groups excluding carboxylic acids is 1. The van der Waals surface area contributed by atoms with Gasteiger partial charge in [0.25, 0.3) is 0 Å². The molecular formula is C13H23N3O4. The average molecular weight is 285 g/mol. The molecule has 7 heteroatoms. The van der Waals surface area contributed by atoms with Gasteiger partial charge in [-0.1, -0.05) is 6.42 Å². The van der Waals surface area contributed by atoms with Crippen LogP contribution in [-0.2, 0) is 4.79 Å². The Balaban J connectivity index is 1.96. The Kier molecular flexibility index (Phi) is 4.82. The number of rotatable bonds is 3. The van der Waals surface area contributed by atoms with Gasteiger partial charge in [0.1, 0.15) is 0 Å². The van der Waals surface area contributed by atoms with Crippen LogP contribution in [0.15, 0.2) is 0 Å². The van der Waals surface area contributed by atoms with Crippen LogP contribution in [0.25, 0.3) is 0 Å². The molecule has 2 amide bonds. The average Bonchev–Trinajstić information content (AvgIpc) is 2.43. The number of piperazine rings is 1. The van der Waals surface area contributed by atoms with Crippen molar-refractivity contribution in [2.45, 2.75) is 44.3 Å². The number of aliphatic hydroxyl groups excluding tert-OH is 1. The summed E-state index contributed by atoms with van der Waals surface area (Å²) in [4.78, 5) is 27.1. The minimum atomic E-state index is -1.24. The monoisotopic (exact) mass is 285 g/mol. The highest BCUT2D eigenvalue weighted by Crippen LogP contribution is 2.23. The number of urea groups is 1. The maximum absolute atomic E-state index is 12.2. The van der Waals surface area contributed by atoms with Crippen LogP contribution in [0.5, 0.6) is 0 Å². The summed E-state index contributed by atoms with van der Waals surface area (Å²) in [6.07, 6.45) is 3.47. The summed E-state index contributed by atoms with van der Waals surface area (Å²) < 4.78 is 0. The molecule has 3 N–H and O–H groups in total. The van der Waals surface area contributed by atoms with E-state index < -0.39 is 24.6 Å². The third kappa shape index (κ3) is 3.21. The zero-order valence-corrected chi connectivity index (χ0v) is 11.8. The Labute approximate surface area is 118 Å². The number of nitrogens with zero attached hydrogens (tertiary/aromatic N) is 2. The Morgan fingerprint density at radius 1 is 1.35 bits per heavy atom. The smallest absolute Gasteiger partial charge is 0.328 e. The summed E-state index contributed by atoms with van der Waals surface area (Å²) in [6.45, 7) is 3.91. The molecule has 114 valence electrons. The van der Waals surface area contributed by atoms with Gasteiger partial charge in [-0.25, -0.2) is 9.59 Å². The highest BCUT2D eigenvalue weighted by molar-refractivity contribution is 5.82. The molecule has 0 saturated carbocycles. The van der Waals surface area contributed by atoms with Crippen molar-refractivity contribution in [3.05, 3.63) is 0 Å². The van der Waals surface area contributed by atoms with Crippen molar-refractivity contribution >= 4 is 12.0 Å². The normalized spacial score (nSPS) is 28.6. The summed E-state index contributed by atoms with van der Waals surface area (Å²) in [5, 5.41) is 20.2. The standard InChI is InChI=1S/C13H23N3O4/c1-9-6-15-5-3-2-4-10(15)7-16(9)13(20)14-11(8-17)12(18)19/h9-11,17H,2-8H2,1H3,(H,14,20)(H,18,19). The fraction of sp³-hybridized carbons (Fsp3) is 0.846. The Morgan fingerprint density at radius 2 is 2.10 bits per heavy atom. The Hall–Kier alpha value is -1.34. The molecule has 0 aliphatic carbocycles. The highest BCUT2D eigenvalue weighted by Gasteiger charge is 2.36. The molecule has 0 aromatic heterocycles. The topological polar surface area (TPSA) is 93.1 Å². The Morgan fingerprint density at radius 3 is 2.75 bits per heavy atom. The number of carboxylic acids is 1.